The van der Waals surface area contributed by atoms with Crippen molar-refractivity contribution in [2.75, 3.05) is 5.32 Å². The fourth-order valence-corrected chi connectivity index (χ4v) is 3.89. The average molecular weight is 477 g/mol. The van der Waals surface area contributed by atoms with Gasteiger partial charge in [0, 0.05) is 5.39 Å². The van der Waals surface area contributed by atoms with Crippen LogP contribution in [0.25, 0.3) is 10.2 Å². The van der Waals surface area contributed by atoms with Crippen LogP contribution in [0.3, 0.4) is 0 Å². The Morgan fingerprint density at radius 3 is 2.72 bits per heavy atom. The lowest BCUT2D eigenvalue weighted by molar-refractivity contribution is 0.100. The minimum atomic E-state index is -2.74. The van der Waals surface area contributed by atoms with Crippen molar-refractivity contribution in [1.29, 1.82) is 0 Å². The van der Waals surface area contributed by atoms with E-state index in [-0.39, 0.29) is 21.1 Å². The summed E-state index contributed by atoms with van der Waals surface area (Å²) >= 11 is 2.79. The molecule has 4 N–H and O–H groups in total. The summed E-state index contributed by atoms with van der Waals surface area (Å²) in [5.41, 5.74) is 5.80. The van der Waals surface area contributed by atoms with Crippen molar-refractivity contribution in [2.24, 2.45) is 5.73 Å². The zero-order chi connectivity index (χ0) is 18.3. The minimum absolute atomic E-state index is 0.0416. The largest absolute Gasteiger partial charge is 0.365 e. The fraction of sp³-hybridized carbons (Fsp3) is 0.143. The first-order valence-electron chi connectivity index (χ1n) is 6.81. The third-order valence-electron chi connectivity index (χ3n) is 3.39. The van der Waals surface area contributed by atoms with Crippen molar-refractivity contribution >= 4 is 61.6 Å². The minimum Gasteiger partial charge on any atom is -0.365 e. The lowest BCUT2D eigenvalue weighted by Gasteiger charge is -2.07. The van der Waals surface area contributed by atoms with Crippen molar-refractivity contribution in [3.63, 3.8) is 0 Å². The fourth-order valence-electron chi connectivity index (χ4n) is 2.32. The normalized spacial score (nSPS) is 11.2. The number of carbonyl (C=O) groups is 2. The van der Waals surface area contributed by atoms with Gasteiger partial charge in [-0.05, 0) is 41.1 Å². The van der Waals surface area contributed by atoms with Crippen molar-refractivity contribution in [2.45, 2.75) is 13.3 Å². The second-order valence-electron chi connectivity index (χ2n) is 5.06. The molecule has 2 amide bonds. The van der Waals surface area contributed by atoms with Gasteiger partial charge < -0.3 is 11.1 Å². The van der Waals surface area contributed by atoms with Crippen LogP contribution in [0.15, 0.2) is 12.3 Å². The van der Waals surface area contributed by atoms with E-state index in [1.807, 2.05) is 22.6 Å². The first kappa shape index (κ1) is 17.7. The SMILES string of the molecule is Cc1cc(C(F)F)nc2sc(C(N)=O)c(NC(=O)c3[nH]ncc3I)c12. The summed E-state index contributed by atoms with van der Waals surface area (Å²) in [5, 5.41) is 9.34. The molecule has 0 bridgehead atoms. The van der Waals surface area contributed by atoms with Gasteiger partial charge in [-0.25, -0.2) is 13.8 Å². The average Bonchev–Trinajstić information content (AvgIpc) is 3.11. The molecule has 0 spiro atoms. The van der Waals surface area contributed by atoms with Gasteiger partial charge in [-0.2, -0.15) is 5.10 Å². The molecule has 25 heavy (non-hydrogen) atoms. The van der Waals surface area contributed by atoms with E-state index in [0.29, 0.717) is 14.5 Å². The number of amides is 2. The summed E-state index contributed by atoms with van der Waals surface area (Å²) < 4.78 is 26.5. The van der Waals surface area contributed by atoms with Gasteiger partial charge >= 0.3 is 0 Å². The number of primary amides is 1. The molecule has 3 rings (SSSR count). The van der Waals surface area contributed by atoms with Crippen LogP contribution in [-0.4, -0.2) is 27.0 Å². The van der Waals surface area contributed by atoms with Crippen molar-refractivity contribution < 1.29 is 18.4 Å². The standard InChI is InChI=1S/C14H10F2IN5O2S/c1-4-2-6(11(15)16)20-14-7(4)9(10(25-14)12(18)23)21-13(24)8-5(17)3-19-22-8/h2-3,11H,1H3,(H2,18,23)(H,19,22)(H,21,24). The highest BCUT2D eigenvalue weighted by Crippen LogP contribution is 2.38. The van der Waals surface area contributed by atoms with E-state index < -0.39 is 23.9 Å². The molecule has 0 aliphatic heterocycles. The van der Waals surface area contributed by atoms with Gasteiger partial charge in [0.05, 0.1) is 15.5 Å². The van der Waals surface area contributed by atoms with E-state index in [0.717, 1.165) is 11.3 Å². The van der Waals surface area contributed by atoms with Crippen LogP contribution in [0.4, 0.5) is 14.5 Å². The number of aryl methyl sites for hydroxylation is 1. The molecule has 3 aromatic rings. The molecular formula is C14H10F2IN5O2S. The first-order chi connectivity index (χ1) is 11.8. The number of fused-ring (bicyclic) bond motifs is 1. The zero-order valence-corrected chi connectivity index (χ0v) is 15.5. The molecule has 7 nitrogen and oxygen atoms in total. The molecule has 11 heteroatoms. The molecule has 3 aromatic heterocycles. The number of aromatic amines is 1. The Morgan fingerprint density at radius 2 is 2.16 bits per heavy atom. The van der Waals surface area contributed by atoms with Crippen LogP contribution in [0.5, 0.6) is 0 Å². The molecule has 0 atom stereocenters. The van der Waals surface area contributed by atoms with Gasteiger partial charge in [-0.1, -0.05) is 0 Å². The first-order valence-corrected chi connectivity index (χ1v) is 8.71. The summed E-state index contributed by atoms with van der Waals surface area (Å²) in [4.78, 5) is 28.3. The molecule has 0 radical (unpaired) electrons. The van der Waals surface area contributed by atoms with E-state index in [2.05, 4.69) is 20.5 Å². The number of H-pyrrole nitrogens is 1. The van der Waals surface area contributed by atoms with E-state index in [1.165, 1.54) is 12.3 Å². The van der Waals surface area contributed by atoms with Crippen LogP contribution in [0.2, 0.25) is 0 Å². The predicted octanol–water partition coefficient (Wildman–Crippen LogP) is 3.22. The quantitative estimate of drug-likeness (QED) is 0.501. The van der Waals surface area contributed by atoms with Gasteiger partial charge in [0.15, 0.2) is 0 Å². The summed E-state index contributed by atoms with van der Waals surface area (Å²) in [5.74, 6) is -1.31. The Morgan fingerprint density at radius 1 is 1.44 bits per heavy atom. The van der Waals surface area contributed by atoms with E-state index in [9.17, 15) is 18.4 Å². The van der Waals surface area contributed by atoms with Gasteiger partial charge in [-0.3, -0.25) is 14.7 Å². The maximum Gasteiger partial charge on any atom is 0.280 e. The Bertz CT molecular complexity index is 1000. The second-order valence-corrected chi connectivity index (χ2v) is 7.22. The molecule has 0 fully saturated rings. The number of halogens is 3. The van der Waals surface area contributed by atoms with Crippen LogP contribution >= 0.6 is 33.9 Å². The molecule has 0 saturated heterocycles. The molecule has 0 aliphatic carbocycles. The number of alkyl halides is 2. The van der Waals surface area contributed by atoms with E-state index in [1.54, 1.807) is 6.92 Å². The van der Waals surface area contributed by atoms with Crippen LogP contribution in [0, 0.1) is 10.5 Å². The van der Waals surface area contributed by atoms with Gasteiger partial charge in [-0.15, -0.1) is 11.3 Å². The second kappa shape index (κ2) is 6.63. The highest BCUT2D eigenvalue weighted by molar-refractivity contribution is 14.1. The smallest absolute Gasteiger partial charge is 0.280 e. The summed E-state index contributed by atoms with van der Waals surface area (Å²) in [6, 6.07) is 1.22. The predicted molar refractivity (Wildman–Crippen MR) is 97.1 cm³/mol. The number of nitrogens with zero attached hydrogens (tertiary/aromatic N) is 2. The summed E-state index contributed by atoms with van der Waals surface area (Å²) in [7, 11) is 0. The van der Waals surface area contributed by atoms with Crippen LogP contribution < -0.4 is 11.1 Å². The maximum absolute atomic E-state index is 13.0. The number of aromatic nitrogens is 3. The topological polar surface area (TPSA) is 114 Å². The lowest BCUT2D eigenvalue weighted by Crippen LogP contribution is -2.17. The Balaban J connectivity index is 2.15. The number of carbonyl (C=O) groups excluding carboxylic acids is 2. The highest BCUT2D eigenvalue weighted by atomic mass is 127. The lowest BCUT2D eigenvalue weighted by atomic mass is 10.1. The number of thiophene rings is 1. The number of nitrogens with two attached hydrogens (primary N) is 1. The van der Waals surface area contributed by atoms with Crippen LogP contribution in [-0.2, 0) is 0 Å². The zero-order valence-electron chi connectivity index (χ0n) is 12.6. The number of pyridine rings is 1. The third kappa shape index (κ3) is 3.20. The third-order valence-corrected chi connectivity index (χ3v) is 5.30. The molecular weight excluding hydrogens is 467 g/mol. The van der Waals surface area contributed by atoms with Gasteiger partial charge in [0.2, 0.25) is 0 Å². The Hall–Kier alpha value is -2.15. The molecule has 0 saturated carbocycles. The van der Waals surface area contributed by atoms with Crippen molar-refractivity contribution in [3.8, 4) is 0 Å². The Labute approximate surface area is 157 Å². The molecule has 0 aliphatic rings. The van der Waals surface area contributed by atoms with E-state index in [4.69, 9.17) is 5.73 Å². The summed E-state index contributed by atoms with van der Waals surface area (Å²) in [6.07, 6.45) is -1.27. The number of nitrogens with one attached hydrogen (secondary N) is 2. The van der Waals surface area contributed by atoms with E-state index >= 15 is 0 Å². The molecule has 130 valence electrons. The number of hydrogen-bond donors (Lipinski definition) is 3. The maximum atomic E-state index is 13.0. The van der Waals surface area contributed by atoms with Crippen molar-refractivity contribution in [3.05, 3.63) is 37.7 Å². The monoisotopic (exact) mass is 477 g/mol. The van der Waals surface area contributed by atoms with Crippen molar-refractivity contribution in [1.82, 2.24) is 15.2 Å². The van der Waals surface area contributed by atoms with Gasteiger partial charge in [0.25, 0.3) is 18.2 Å². The summed E-state index contributed by atoms with van der Waals surface area (Å²) in [6.45, 7) is 1.60. The number of anilines is 1. The number of rotatable bonds is 4. The van der Waals surface area contributed by atoms with Crippen LogP contribution in [0.1, 0.15) is 37.8 Å². The highest BCUT2D eigenvalue weighted by Gasteiger charge is 2.24. The molecule has 0 aromatic carbocycles. The van der Waals surface area contributed by atoms with Gasteiger partial charge in [0.1, 0.15) is 21.1 Å². The molecule has 0 unspecified atom stereocenters. The number of hydrogen-bond acceptors (Lipinski definition) is 5. The Kier molecular flexibility index (Phi) is 4.69. The molecule has 3 heterocycles.